The Morgan fingerprint density at radius 3 is 2.30 bits per heavy atom. The lowest BCUT2D eigenvalue weighted by atomic mass is 10.1. The summed E-state index contributed by atoms with van der Waals surface area (Å²) in [5.74, 6) is -0.511. The standard InChI is InChI=1S/C13H19N5O3S2/c1-8(2)7-11(19)17-13(22)16-9-3-5-10(6-4-9)23(20,21)18-12(14)15/h3-6,8H,7H2,1-2H3,(H4,14,15,18)(H2,16,17,19,22). The van der Waals surface area contributed by atoms with Gasteiger partial charge in [-0.2, -0.15) is 8.42 Å². The molecule has 0 bridgehead atoms. The molecule has 126 valence electrons. The summed E-state index contributed by atoms with van der Waals surface area (Å²) >= 11 is 5.01. The van der Waals surface area contributed by atoms with Crippen LogP contribution in [-0.4, -0.2) is 25.4 Å². The summed E-state index contributed by atoms with van der Waals surface area (Å²) in [7, 11) is -3.93. The molecule has 10 heteroatoms. The van der Waals surface area contributed by atoms with Crippen molar-refractivity contribution in [1.82, 2.24) is 5.32 Å². The number of carbonyl (C=O) groups is 1. The molecule has 1 aromatic rings. The third kappa shape index (κ3) is 6.61. The third-order valence-corrected chi connectivity index (χ3v) is 4.01. The van der Waals surface area contributed by atoms with E-state index in [1.165, 1.54) is 24.3 Å². The number of nitrogens with one attached hydrogen (secondary N) is 2. The molecular weight excluding hydrogens is 338 g/mol. The van der Waals surface area contributed by atoms with E-state index in [4.69, 9.17) is 23.7 Å². The summed E-state index contributed by atoms with van der Waals surface area (Å²) in [5, 5.41) is 5.46. The Kier molecular flexibility index (Phi) is 6.46. The molecule has 0 radical (unpaired) electrons. The zero-order valence-corrected chi connectivity index (χ0v) is 14.4. The molecule has 0 fully saturated rings. The van der Waals surface area contributed by atoms with Gasteiger partial charge in [0.25, 0.3) is 10.0 Å². The average molecular weight is 357 g/mol. The van der Waals surface area contributed by atoms with Crippen molar-refractivity contribution in [2.24, 2.45) is 21.8 Å². The van der Waals surface area contributed by atoms with Crippen LogP contribution in [0.2, 0.25) is 0 Å². The molecule has 1 aromatic carbocycles. The fourth-order valence-corrected chi connectivity index (χ4v) is 2.71. The zero-order chi connectivity index (χ0) is 17.6. The quantitative estimate of drug-likeness (QED) is 0.342. The highest BCUT2D eigenvalue weighted by atomic mass is 32.2. The number of carbonyl (C=O) groups excluding carboxylic acids is 1. The van der Waals surface area contributed by atoms with Crippen LogP contribution in [0.25, 0.3) is 0 Å². The van der Waals surface area contributed by atoms with Crippen LogP contribution < -0.4 is 22.1 Å². The number of nitrogens with two attached hydrogens (primary N) is 2. The molecule has 0 aromatic heterocycles. The number of hydrogen-bond acceptors (Lipinski definition) is 4. The van der Waals surface area contributed by atoms with Crippen LogP contribution in [0.3, 0.4) is 0 Å². The van der Waals surface area contributed by atoms with Gasteiger partial charge in [0.2, 0.25) is 11.9 Å². The van der Waals surface area contributed by atoms with Crippen molar-refractivity contribution in [3.8, 4) is 0 Å². The number of amides is 1. The second-order valence-electron chi connectivity index (χ2n) is 5.12. The van der Waals surface area contributed by atoms with Gasteiger partial charge in [0, 0.05) is 12.1 Å². The fraction of sp³-hybridized carbons (Fsp3) is 0.308. The molecule has 0 saturated carbocycles. The number of guanidine groups is 1. The molecule has 1 amide bonds. The van der Waals surface area contributed by atoms with Crippen molar-refractivity contribution in [1.29, 1.82) is 0 Å². The molecule has 0 aliphatic heterocycles. The molecule has 0 spiro atoms. The minimum absolute atomic E-state index is 0.0637. The maximum absolute atomic E-state index is 11.8. The first-order valence-electron chi connectivity index (χ1n) is 6.67. The number of sulfonamides is 1. The number of nitrogens with zero attached hydrogens (tertiary/aromatic N) is 1. The Labute approximate surface area is 140 Å². The molecule has 6 N–H and O–H groups in total. The van der Waals surface area contributed by atoms with Crippen LogP contribution in [0.5, 0.6) is 0 Å². The van der Waals surface area contributed by atoms with E-state index in [0.29, 0.717) is 12.1 Å². The van der Waals surface area contributed by atoms with Crippen molar-refractivity contribution in [3.63, 3.8) is 0 Å². The average Bonchev–Trinajstić information content (AvgIpc) is 2.36. The number of hydrogen-bond donors (Lipinski definition) is 4. The first kappa shape index (κ1) is 18.8. The molecule has 0 heterocycles. The lowest BCUT2D eigenvalue weighted by Crippen LogP contribution is -2.34. The summed E-state index contributed by atoms with van der Waals surface area (Å²) in [4.78, 5) is 11.5. The van der Waals surface area contributed by atoms with E-state index in [0.717, 1.165) is 0 Å². The van der Waals surface area contributed by atoms with E-state index in [1.807, 2.05) is 13.8 Å². The highest BCUT2D eigenvalue weighted by Crippen LogP contribution is 2.16. The van der Waals surface area contributed by atoms with Crippen LogP contribution in [0.1, 0.15) is 20.3 Å². The normalized spacial score (nSPS) is 10.9. The molecule has 0 atom stereocenters. The van der Waals surface area contributed by atoms with Gasteiger partial charge in [-0.1, -0.05) is 13.8 Å². The predicted molar refractivity (Wildman–Crippen MR) is 93.3 cm³/mol. The fourth-order valence-electron chi connectivity index (χ4n) is 1.61. The van der Waals surface area contributed by atoms with Gasteiger partial charge in [-0.3, -0.25) is 4.79 Å². The van der Waals surface area contributed by atoms with Crippen molar-refractivity contribution < 1.29 is 13.2 Å². The van der Waals surface area contributed by atoms with Gasteiger partial charge in [0.05, 0.1) is 4.90 Å². The maximum atomic E-state index is 11.8. The van der Waals surface area contributed by atoms with E-state index in [1.54, 1.807) is 0 Å². The number of benzene rings is 1. The lowest BCUT2D eigenvalue weighted by molar-refractivity contribution is -0.120. The van der Waals surface area contributed by atoms with Gasteiger partial charge in [0.15, 0.2) is 5.11 Å². The minimum Gasteiger partial charge on any atom is -0.369 e. The van der Waals surface area contributed by atoms with Gasteiger partial charge >= 0.3 is 0 Å². The number of anilines is 1. The maximum Gasteiger partial charge on any atom is 0.285 e. The van der Waals surface area contributed by atoms with Crippen molar-refractivity contribution in [3.05, 3.63) is 24.3 Å². The SMILES string of the molecule is CC(C)CC(=O)NC(=S)Nc1ccc(S(=O)(=O)N=C(N)N)cc1. The van der Waals surface area contributed by atoms with Crippen LogP contribution >= 0.6 is 12.2 Å². The smallest absolute Gasteiger partial charge is 0.285 e. The van der Waals surface area contributed by atoms with Crippen molar-refractivity contribution in [2.45, 2.75) is 25.2 Å². The van der Waals surface area contributed by atoms with Crippen molar-refractivity contribution >= 4 is 44.9 Å². The summed E-state index contributed by atoms with van der Waals surface area (Å²) in [6.45, 7) is 3.84. The summed E-state index contributed by atoms with van der Waals surface area (Å²) in [5.41, 5.74) is 10.7. The Morgan fingerprint density at radius 1 is 1.26 bits per heavy atom. The van der Waals surface area contributed by atoms with Gasteiger partial charge in [-0.25, -0.2) is 0 Å². The van der Waals surface area contributed by atoms with Crippen molar-refractivity contribution in [2.75, 3.05) is 5.32 Å². The Bertz CT molecular complexity index is 708. The van der Waals surface area contributed by atoms with E-state index in [9.17, 15) is 13.2 Å². The van der Waals surface area contributed by atoms with E-state index in [-0.39, 0.29) is 21.8 Å². The van der Waals surface area contributed by atoms with Gasteiger partial charge in [-0.05, 0) is 42.4 Å². The summed E-state index contributed by atoms with van der Waals surface area (Å²) in [6, 6.07) is 5.61. The topological polar surface area (TPSA) is 140 Å². The second-order valence-corrected chi connectivity index (χ2v) is 7.13. The largest absolute Gasteiger partial charge is 0.369 e. The molecule has 0 aliphatic rings. The Balaban J connectivity index is 2.73. The zero-order valence-electron chi connectivity index (χ0n) is 12.7. The summed E-state index contributed by atoms with van der Waals surface area (Å²) in [6.07, 6.45) is 0.359. The third-order valence-electron chi connectivity index (χ3n) is 2.48. The Morgan fingerprint density at radius 2 is 1.83 bits per heavy atom. The number of rotatable bonds is 5. The van der Waals surface area contributed by atoms with E-state index >= 15 is 0 Å². The van der Waals surface area contributed by atoms with Gasteiger partial charge in [-0.15, -0.1) is 4.40 Å². The lowest BCUT2D eigenvalue weighted by Gasteiger charge is -2.10. The molecule has 0 unspecified atom stereocenters. The molecule has 0 aliphatic carbocycles. The number of thiocarbonyl (C=S) groups is 1. The molecule has 8 nitrogen and oxygen atoms in total. The minimum atomic E-state index is -3.93. The second kappa shape index (κ2) is 7.88. The summed E-state index contributed by atoms with van der Waals surface area (Å²) < 4.78 is 26.7. The van der Waals surface area contributed by atoms with Crippen LogP contribution in [0, 0.1) is 5.92 Å². The predicted octanol–water partition coefficient (Wildman–Crippen LogP) is 0.508. The van der Waals surface area contributed by atoms with Crippen LogP contribution in [-0.2, 0) is 14.8 Å². The molecule has 23 heavy (non-hydrogen) atoms. The highest BCUT2D eigenvalue weighted by Gasteiger charge is 2.13. The van der Waals surface area contributed by atoms with Gasteiger partial charge in [0.1, 0.15) is 0 Å². The van der Waals surface area contributed by atoms with Crippen LogP contribution in [0.4, 0.5) is 5.69 Å². The molecular formula is C13H19N5O3S2. The molecule has 1 rings (SSSR count). The monoisotopic (exact) mass is 357 g/mol. The first-order chi connectivity index (χ1) is 10.6. The van der Waals surface area contributed by atoms with Crippen LogP contribution in [0.15, 0.2) is 33.6 Å². The first-order valence-corrected chi connectivity index (χ1v) is 8.52. The van der Waals surface area contributed by atoms with E-state index in [2.05, 4.69) is 15.0 Å². The van der Waals surface area contributed by atoms with Gasteiger partial charge < -0.3 is 22.1 Å². The molecule has 0 saturated heterocycles. The Hall–Kier alpha value is -2.20. The highest BCUT2D eigenvalue weighted by molar-refractivity contribution is 7.90. The van der Waals surface area contributed by atoms with E-state index < -0.39 is 16.0 Å².